The normalized spacial score (nSPS) is 13.1. The number of phenols is 2. The van der Waals surface area contributed by atoms with Gasteiger partial charge in [-0.3, -0.25) is 4.79 Å². The zero-order valence-corrected chi connectivity index (χ0v) is 21.9. The van der Waals surface area contributed by atoms with Crippen molar-refractivity contribution in [2.75, 3.05) is 36.5 Å². The minimum atomic E-state index is -0.889. The lowest BCUT2D eigenvalue weighted by Gasteiger charge is -2.27. The molecule has 0 aromatic heterocycles. The summed E-state index contributed by atoms with van der Waals surface area (Å²) in [5, 5.41) is 51.7. The molecule has 5 N–H and O–H groups in total. The Kier molecular flexibility index (Phi) is 9.33. The van der Waals surface area contributed by atoms with Crippen LogP contribution in [0.3, 0.4) is 0 Å². The Morgan fingerprint density at radius 1 is 0.757 bits per heavy atom. The van der Waals surface area contributed by atoms with Crippen molar-refractivity contribution < 1.29 is 30.3 Å². The Bertz CT molecular complexity index is 1140. The van der Waals surface area contributed by atoms with Crippen LogP contribution in [0.5, 0.6) is 11.5 Å². The summed E-state index contributed by atoms with van der Waals surface area (Å²) in [6.45, 7) is 6.70. The van der Waals surface area contributed by atoms with E-state index in [1.807, 2.05) is 24.3 Å². The van der Waals surface area contributed by atoms with E-state index in [0.29, 0.717) is 24.2 Å². The van der Waals surface area contributed by atoms with Crippen LogP contribution in [0.2, 0.25) is 0 Å². The van der Waals surface area contributed by atoms with Gasteiger partial charge in [0.2, 0.25) is 0 Å². The molecule has 0 heterocycles. The van der Waals surface area contributed by atoms with Gasteiger partial charge in [0.1, 0.15) is 23.0 Å². The first kappa shape index (κ1) is 27.8. The molecule has 0 fully saturated rings. The fraction of sp³-hybridized carbons (Fsp3) is 0.414. The highest BCUT2D eigenvalue weighted by Gasteiger charge is 2.35. The van der Waals surface area contributed by atoms with Gasteiger partial charge in [0, 0.05) is 56.6 Å². The van der Waals surface area contributed by atoms with E-state index < -0.39 is 5.97 Å². The number of rotatable bonds is 14. The van der Waals surface area contributed by atoms with Gasteiger partial charge >= 0.3 is 5.97 Å². The second kappa shape index (κ2) is 12.4. The topological polar surface area (TPSA) is 125 Å². The molecule has 0 radical (unpaired) electrons. The lowest BCUT2D eigenvalue weighted by atomic mass is 9.83. The molecule has 0 saturated carbocycles. The minimum absolute atomic E-state index is 0.0123. The monoisotopic (exact) mass is 510 g/mol. The quantitative estimate of drug-likeness (QED) is 0.208. The Morgan fingerprint density at radius 3 is 1.78 bits per heavy atom. The Balaban J connectivity index is 1.80. The standard InChI is InChI=1S/C29H38N2O6/c1-4-6-15-31(16-7-5-2)20-12-10-19(11-13-20)25-28(36)27(29(25)37)26-22(32)17-21(18-23(26)33)30(3)14-8-9-24(34)35/h10-13,17-18,32-33,36-37H,4-9,14-16H2,1-3H3,(H,34,35). The molecule has 200 valence electrons. The predicted molar refractivity (Wildman–Crippen MR) is 147 cm³/mol. The second-order valence-electron chi connectivity index (χ2n) is 9.47. The van der Waals surface area contributed by atoms with Gasteiger partial charge in [0.15, 0.2) is 0 Å². The van der Waals surface area contributed by atoms with Gasteiger partial charge in [-0.15, -0.1) is 0 Å². The van der Waals surface area contributed by atoms with Crippen LogP contribution in [0.15, 0.2) is 47.9 Å². The zero-order valence-electron chi connectivity index (χ0n) is 21.9. The van der Waals surface area contributed by atoms with Crippen molar-refractivity contribution in [2.24, 2.45) is 0 Å². The van der Waals surface area contributed by atoms with Crippen LogP contribution in [0.4, 0.5) is 11.4 Å². The number of allylic oxidation sites excluding steroid dienone is 2. The number of anilines is 2. The number of phenolic OH excluding ortho intramolecular Hbond substituents is 2. The van der Waals surface area contributed by atoms with Gasteiger partial charge < -0.3 is 35.3 Å². The first-order valence-corrected chi connectivity index (χ1v) is 12.9. The van der Waals surface area contributed by atoms with Crippen LogP contribution in [0, 0.1) is 0 Å². The van der Waals surface area contributed by atoms with Gasteiger partial charge in [-0.2, -0.15) is 0 Å². The van der Waals surface area contributed by atoms with Gasteiger partial charge in [-0.25, -0.2) is 0 Å². The molecular weight excluding hydrogens is 472 g/mol. The number of benzene rings is 2. The van der Waals surface area contributed by atoms with Crippen molar-refractivity contribution in [3.05, 3.63) is 59.0 Å². The fourth-order valence-corrected chi connectivity index (χ4v) is 4.50. The number of carbonyl (C=O) groups is 1. The third kappa shape index (κ3) is 6.31. The number of nitrogens with zero attached hydrogens (tertiary/aromatic N) is 2. The summed E-state index contributed by atoms with van der Waals surface area (Å²) in [7, 11) is 1.72. The summed E-state index contributed by atoms with van der Waals surface area (Å²) in [5.74, 6) is -1.89. The first-order valence-electron chi connectivity index (χ1n) is 12.9. The van der Waals surface area contributed by atoms with E-state index in [1.54, 1.807) is 11.9 Å². The number of hydrogen-bond acceptors (Lipinski definition) is 7. The molecule has 1 aliphatic carbocycles. The predicted octanol–water partition coefficient (Wildman–Crippen LogP) is 6.06. The van der Waals surface area contributed by atoms with Crippen LogP contribution >= 0.6 is 0 Å². The molecule has 2 aromatic rings. The van der Waals surface area contributed by atoms with Crippen LogP contribution in [-0.2, 0) is 4.79 Å². The van der Waals surface area contributed by atoms with E-state index >= 15 is 0 Å². The second-order valence-corrected chi connectivity index (χ2v) is 9.47. The van der Waals surface area contributed by atoms with Crippen molar-refractivity contribution in [3.8, 4) is 11.5 Å². The summed E-state index contributed by atoms with van der Waals surface area (Å²) in [6.07, 6.45) is 4.86. The molecular formula is C29H38N2O6. The highest BCUT2D eigenvalue weighted by atomic mass is 16.4. The molecule has 8 nitrogen and oxygen atoms in total. The number of aromatic hydroxyl groups is 2. The highest BCUT2D eigenvalue weighted by molar-refractivity contribution is 6.08. The summed E-state index contributed by atoms with van der Waals surface area (Å²) < 4.78 is 0. The number of carboxylic acid groups (broad SMARTS) is 1. The molecule has 8 heteroatoms. The van der Waals surface area contributed by atoms with Crippen molar-refractivity contribution in [1.82, 2.24) is 0 Å². The fourth-order valence-electron chi connectivity index (χ4n) is 4.50. The first-order chi connectivity index (χ1) is 17.7. The average Bonchev–Trinajstić information content (AvgIpc) is 2.86. The van der Waals surface area contributed by atoms with E-state index in [2.05, 4.69) is 18.7 Å². The van der Waals surface area contributed by atoms with E-state index in [9.17, 15) is 25.2 Å². The SMILES string of the molecule is CCCCN(CCCC)c1ccc(C2=C(O)C(c3c(O)cc(N(C)CCCC(=O)O)cc3O)=C2O)cc1. The lowest BCUT2D eigenvalue weighted by molar-refractivity contribution is -0.137. The number of aliphatic carboxylic acids is 1. The summed E-state index contributed by atoms with van der Waals surface area (Å²) in [5.41, 5.74) is 2.42. The molecule has 0 spiro atoms. The molecule has 0 atom stereocenters. The largest absolute Gasteiger partial charge is 0.507 e. The summed E-state index contributed by atoms with van der Waals surface area (Å²) >= 11 is 0. The molecule has 37 heavy (non-hydrogen) atoms. The summed E-state index contributed by atoms with van der Waals surface area (Å²) in [6, 6.07) is 10.5. The van der Waals surface area contributed by atoms with E-state index in [-0.39, 0.29) is 46.1 Å². The van der Waals surface area contributed by atoms with Crippen LogP contribution in [-0.4, -0.2) is 58.2 Å². The number of aliphatic hydroxyl groups excluding tert-OH is 2. The van der Waals surface area contributed by atoms with Crippen LogP contribution < -0.4 is 9.80 Å². The molecule has 1 aliphatic rings. The maximum absolute atomic E-state index is 10.8. The number of carboxylic acids is 1. The maximum Gasteiger partial charge on any atom is 0.303 e. The summed E-state index contributed by atoms with van der Waals surface area (Å²) in [4.78, 5) is 14.8. The Morgan fingerprint density at radius 2 is 1.30 bits per heavy atom. The lowest BCUT2D eigenvalue weighted by Crippen LogP contribution is -2.25. The van der Waals surface area contributed by atoms with Gasteiger partial charge in [-0.1, -0.05) is 38.8 Å². The number of unbranched alkanes of at least 4 members (excludes halogenated alkanes) is 2. The molecule has 0 amide bonds. The van der Waals surface area contributed by atoms with E-state index in [1.165, 1.54) is 12.1 Å². The number of hydrogen-bond donors (Lipinski definition) is 5. The zero-order chi connectivity index (χ0) is 27.1. The minimum Gasteiger partial charge on any atom is -0.507 e. The van der Waals surface area contributed by atoms with Gasteiger partial charge in [0.05, 0.1) is 16.7 Å². The van der Waals surface area contributed by atoms with Gasteiger partial charge in [-0.05, 0) is 37.0 Å². The third-order valence-corrected chi connectivity index (χ3v) is 6.69. The average molecular weight is 511 g/mol. The van der Waals surface area contributed by atoms with Crippen LogP contribution in [0.1, 0.15) is 63.5 Å². The molecule has 0 saturated heterocycles. The highest BCUT2D eigenvalue weighted by Crippen LogP contribution is 2.50. The smallest absolute Gasteiger partial charge is 0.303 e. The molecule has 0 aliphatic heterocycles. The van der Waals surface area contributed by atoms with Crippen molar-refractivity contribution in [2.45, 2.75) is 52.4 Å². The van der Waals surface area contributed by atoms with Crippen molar-refractivity contribution in [1.29, 1.82) is 0 Å². The number of aliphatic hydroxyl groups is 2. The molecule has 2 aromatic carbocycles. The van der Waals surface area contributed by atoms with Crippen LogP contribution in [0.25, 0.3) is 11.1 Å². The van der Waals surface area contributed by atoms with Gasteiger partial charge in [0.25, 0.3) is 0 Å². The molecule has 0 unspecified atom stereocenters. The Hall–Kier alpha value is -3.81. The maximum atomic E-state index is 10.8. The van der Waals surface area contributed by atoms with E-state index in [0.717, 1.165) is 44.5 Å². The van der Waals surface area contributed by atoms with Crippen molar-refractivity contribution >= 4 is 28.5 Å². The molecule has 3 rings (SSSR count). The Labute approximate surface area is 218 Å². The third-order valence-electron chi connectivity index (χ3n) is 6.69. The molecule has 0 bridgehead atoms. The van der Waals surface area contributed by atoms with E-state index in [4.69, 9.17) is 5.11 Å². The van der Waals surface area contributed by atoms with Crippen molar-refractivity contribution in [3.63, 3.8) is 0 Å².